The van der Waals surface area contributed by atoms with Crippen LogP contribution >= 0.6 is 22.9 Å². The van der Waals surface area contributed by atoms with Crippen molar-refractivity contribution in [2.45, 2.75) is 19.8 Å². The van der Waals surface area contributed by atoms with Gasteiger partial charge >= 0.3 is 0 Å². The van der Waals surface area contributed by atoms with E-state index in [9.17, 15) is 4.79 Å². The number of aromatic nitrogens is 3. The van der Waals surface area contributed by atoms with Gasteiger partial charge in [-0.25, -0.2) is 4.37 Å². The number of hydrogen-bond acceptors (Lipinski definition) is 6. The maximum atomic E-state index is 11.6. The van der Waals surface area contributed by atoms with Gasteiger partial charge in [0.25, 0.3) is 0 Å². The summed E-state index contributed by atoms with van der Waals surface area (Å²) in [6.07, 6.45) is 2.86. The Kier molecular flexibility index (Phi) is 3.58. The predicted octanol–water partition coefficient (Wildman–Crippen LogP) is 1.74. The van der Waals surface area contributed by atoms with Crippen molar-refractivity contribution in [3.05, 3.63) is 22.1 Å². The number of anilines is 1. The molecule has 1 amide bonds. The van der Waals surface area contributed by atoms with Gasteiger partial charge < -0.3 is 5.32 Å². The highest BCUT2D eigenvalue weighted by Crippen LogP contribution is 2.15. The third kappa shape index (κ3) is 2.83. The lowest BCUT2D eigenvalue weighted by atomic mass is 10.2. The Balaban J connectivity index is 1.92. The Labute approximate surface area is 101 Å². The second-order valence-corrected chi connectivity index (χ2v) is 4.83. The van der Waals surface area contributed by atoms with E-state index in [4.69, 9.17) is 0 Å². The van der Waals surface area contributed by atoms with Crippen LogP contribution in [-0.2, 0) is 17.6 Å². The minimum absolute atomic E-state index is 0.0843. The summed E-state index contributed by atoms with van der Waals surface area (Å²) in [6, 6.07) is 0. The van der Waals surface area contributed by atoms with Gasteiger partial charge in [-0.2, -0.15) is 0 Å². The van der Waals surface area contributed by atoms with Crippen LogP contribution in [0.5, 0.6) is 0 Å². The fraction of sp³-hybridized carbons (Fsp3) is 0.333. The van der Waals surface area contributed by atoms with E-state index in [2.05, 4.69) is 19.9 Å². The monoisotopic (exact) mass is 254 g/mol. The summed E-state index contributed by atoms with van der Waals surface area (Å²) < 4.78 is 3.94. The van der Waals surface area contributed by atoms with E-state index in [0.29, 0.717) is 11.6 Å². The molecule has 7 heteroatoms. The highest BCUT2D eigenvalue weighted by atomic mass is 32.1. The second kappa shape index (κ2) is 5.13. The zero-order valence-electron chi connectivity index (χ0n) is 8.64. The first kappa shape index (κ1) is 11.2. The number of rotatable bonds is 4. The molecule has 16 heavy (non-hydrogen) atoms. The van der Waals surface area contributed by atoms with E-state index in [0.717, 1.165) is 17.0 Å². The first-order valence-electron chi connectivity index (χ1n) is 4.78. The topological polar surface area (TPSA) is 67.8 Å². The third-order valence-electron chi connectivity index (χ3n) is 1.86. The molecule has 0 aliphatic rings. The fourth-order valence-corrected chi connectivity index (χ4v) is 2.34. The molecule has 0 aromatic carbocycles. The van der Waals surface area contributed by atoms with Crippen molar-refractivity contribution in [1.82, 2.24) is 14.6 Å². The lowest BCUT2D eigenvalue weighted by molar-refractivity contribution is -0.115. The van der Waals surface area contributed by atoms with Gasteiger partial charge in [0.15, 0.2) is 0 Å². The lowest BCUT2D eigenvalue weighted by Gasteiger charge is -1.97. The molecule has 0 saturated carbocycles. The van der Waals surface area contributed by atoms with Crippen LogP contribution in [0.1, 0.15) is 17.5 Å². The van der Waals surface area contributed by atoms with Gasteiger partial charge in [-0.15, -0.1) is 10.2 Å². The molecule has 0 bridgehead atoms. The molecular formula is C9H10N4OS2. The van der Waals surface area contributed by atoms with Crippen LogP contribution in [0.15, 0.2) is 11.6 Å². The first-order chi connectivity index (χ1) is 7.78. The number of hydrogen-bond donors (Lipinski definition) is 1. The van der Waals surface area contributed by atoms with E-state index < -0.39 is 0 Å². The highest BCUT2D eigenvalue weighted by Gasteiger charge is 2.08. The van der Waals surface area contributed by atoms with Gasteiger partial charge in [0.2, 0.25) is 11.0 Å². The minimum Gasteiger partial charge on any atom is -0.300 e. The summed E-state index contributed by atoms with van der Waals surface area (Å²) in [6.45, 7) is 2.00. The third-order valence-corrected chi connectivity index (χ3v) is 3.48. The quantitative estimate of drug-likeness (QED) is 0.902. The molecule has 5 nitrogen and oxygen atoms in total. The van der Waals surface area contributed by atoms with Crippen molar-refractivity contribution in [2.24, 2.45) is 0 Å². The van der Waals surface area contributed by atoms with Gasteiger partial charge in [-0.1, -0.05) is 18.3 Å². The summed E-state index contributed by atoms with van der Waals surface area (Å²) in [7, 11) is 0. The van der Waals surface area contributed by atoms with Crippen LogP contribution in [0.2, 0.25) is 0 Å². The van der Waals surface area contributed by atoms with Crippen LogP contribution in [0.25, 0.3) is 0 Å². The van der Waals surface area contributed by atoms with Gasteiger partial charge in [0.05, 0.1) is 6.42 Å². The largest absolute Gasteiger partial charge is 0.300 e. The molecule has 0 atom stereocenters. The van der Waals surface area contributed by atoms with E-state index in [-0.39, 0.29) is 5.91 Å². The number of carbonyl (C=O) groups is 1. The van der Waals surface area contributed by atoms with E-state index in [1.807, 2.05) is 12.3 Å². The average Bonchev–Trinajstić information content (AvgIpc) is 2.89. The van der Waals surface area contributed by atoms with E-state index in [1.165, 1.54) is 22.9 Å². The Bertz CT molecular complexity index is 466. The molecule has 2 aromatic rings. The molecule has 84 valence electrons. The Hall–Kier alpha value is -1.34. The Morgan fingerprint density at radius 1 is 1.50 bits per heavy atom. The van der Waals surface area contributed by atoms with Crippen LogP contribution in [0.4, 0.5) is 5.13 Å². The Morgan fingerprint density at radius 2 is 2.38 bits per heavy atom. The van der Waals surface area contributed by atoms with Crippen LogP contribution in [0.3, 0.4) is 0 Å². The molecule has 0 saturated heterocycles. The molecule has 0 unspecified atom stereocenters. The summed E-state index contributed by atoms with van der Waals surface area (Å²) in [5.74, 6) is -0.0843. The fourth-order valence-electron chi connectivity index (χ4n) is 1.11. The maximum absolute atomic E-state index is 11.6. The predicted molar refractivity (Wildman–Crippen MR) is 63.7 cm³/mol. The van der Waals surface area contributed by atoms with Crippen LogP contribution in [-0.4, -0.2) is 20.5 Å². The molecular weight excluding hydrogens is 244 g/mol. The summed E-state index contributed by atoms with van der Waals surface area (Å²) in [4.78, 5) is 11.6. The molecule has 2 heterocycles. The molecule has 0 aliphatic carbocycles. The van der Waals surface area contributed by atoms with Crippen molar-refractivity contribution in [2.75, 3.05) is 5.32 Å². The van der Waals surface area contributed by atoms with Crippen molar-refractivity contribution < 1.29 is 4.79 Å². The molecule has 2 rings (SSSR count). The normalized spacial score (nSPS) is 10.3. The molecule has 0 spiro atoms. The van der Waals surface area contributed by atoms with E-state index in [1.54, 1.807) is 6.20 Å². The molecule has 0 fully saturated rings. The second-order valence-electron chi connectivity index (χ2n) is 3.11. The first-order valence-corrected chi connectivity index (χ1v) is 6.43. The van der Waals surface area contributed by atoms with Crippen molar-refractivity contribution in [3.63, 3.8) is 0 Å². The maximum Gasteiger partial charge on any atom is 0.230 e. The van der Waals surface area contributed by atoms with Gasteiger partial charge in [-0.05, 0) is 23.5 Å². The summed E-state index contributed by atoms with van der Waals surface area (Å²) in [5.41, 5.74) is 0.919. The smallest absolute Gasteiger partial charge is 0.230 e. The molecule has 0 aliphatic heterocycles. The van der Waals surface area contributed by atoms with Crippen molar-refractivity contribution >= 4 is 33.9 Å². The zero-order valence-corrected chi connectivity index (χ0v) is 10.3. The van der Waals surface area contributed by atoms with Gasteiger partial charge in [-0.3, -0.25) is 4.79 Å². The standard InChI is InChI=1S/C9H10N4OS2/c1-2-8-12-13-9(16-8)11-7(14)3-6-4-10-15-5-6/h4-5H,2-3H2,1H3,(H,11,13,14). The lowest BCUT2D eigenvalue weighted by Crippen LogP contribution is -2.13. The molecule has 2 aromatic heterocycles. The van der Waals surface area contributed by atoms with Crippen LogP contribution < -0.4 is 5.32 Å². The number of nitrogens with one attached hydrogen (secondary N) is 1. The number of aryl methyl sites for hydroxylation is 1. The minimum atomic E-state index is -0.0843. The Morgan fingerprint density at radius 3 is 3.00 bits per heavy atom. The zero-order chi connectivity index (χ0) is 11.4. The van der Waals surface area contributed by atoms with Crippen LogP contribution in [0, 0.1) is 0 Å². The number of nitrogens with zero attached hydrogens (tertiary/aromatic N) is 3. The SMILES string of the molecule is CCc1nnc(NC(=O)Cc2cnsc2)s1. The highest BCUT2D eigenvalue weighted by molar-refractivity contribution is 7.15. The summed E-state index contributed by atoms with van der Waals surface area (Å²) >= 11 is 2.75. The molecule has 0 radical (unpaired) electrons. The van der Waals surface area contributed by atoms with E-state index >= 15 is 0 Å². The molecule has 1 N–H and O–H groups in total. The van der Waals surface area contributed by atoms with Crippen molar-refractivity contribution in [1.29, 1.82) is 0 Å². The average molecular weight is 254 g/mol. The van der Waals surface area contributed by atoms with Crippen molar-refractivity contribution in [3.8, 4) is 0 Å². The number of carbonyl (C=O) groups excluding carboxylic acids is 1. The number of amides is 1. The van der Waals surface area contributed by atoms with Gasteiger partial charge in [0.1, 0.15) is 5.01 Å². The summed E-state index contributed by atoms with van der Waals surface area (Å²) in [5, 5.41) is 13.9. The van der Waals surface area contributed by atoms with Gasteiger partial charge in [0, 0.05) is 11.6 Å².